The maximum absolute atomic E-state index is 13.8. The predicted octanol–water partition coefficient (Wildman–Crippen LogP) is 3.18. The van der Waals surface area contributed by atoms with Crippen LogP contribution < -0.4 is 5.32 Å². The molecule has 3 atom stereocenters. The molecule has 2 aliphatic rings. The summed E-state index contributed by atoms with van der Waals surface area (Å²) in [5.41, 5.74) is 0.154. The normalized spacial score (nSPS) is 23.4. The van der Waals surface area contributed by atoms with Gasteiger partial charge in [0.25, 0.3) is 0 Å². The third-order valence-electron chi connectivity index (χ3n) is 5.99. The molecule has 8 heteroatoms. The molecular weight excluding hydrogens is 387 g/mol. The summed E-state index contributed by atoms with van der Waals surface area (Å²) in [6.45, 7) is 10.4. The van der Waals surface area contributed by atoms with Crippen molar-refractivity contribution in [3.05, 3.63) is 29.7 Å². The highest BCUT2D eigenvalue weighted by Gasteiger charge is 2.61. The number of aryl methyl sites for hydroxylation is 1. The summed E-state index contributed by atoms with van der Waals surface area (Å²) in [5, 5.41) is 8.33. The van der Waals surface area contributed by atoms with Crippen LogP contribution in [0.4, 0.5) is 9.18 Å². The number of carbonyl (C=O) groups is 2. The number of hydrogen-bond donors (Lipinski definition) is 1. The Morgan fingerprint density at radius 2 is 1.80 bits per heavy atom. The first-order valence-corrected chi connectivity index (χ1v) is 10.3. The fraction of sp³-hybridized carbons (Fsp3) is 0.591. The average molecular weight is 416 g/mol. The van der Waals surface area contributed by atoms with Gasteiger partial charge in [-0.1, -0.05) is 0 Å². The molecule has 162 valence electrons. The van der Waals surface area contributed by atoms with E-state index in [0.29, 0.717) is 24.2 Å². The van der Waals surface area contributed by atoms with Crippen molar-refractivity contribution in [1.82, 2.24) is 20.0 Å². The van der Waals surface area contributed by atoms with Crippen molar-refractivity contribution in [2.45, 2.75) is 45.8 Å². The van der Waals surface area contributed by atoms with Gasteiger partial charge in [0.1, 0.15) is 11.4 Å². The van der Waals surface area contributed by atoms with Gasteiger partial charge >= 0.3 is 6.09 Å². The second-order valence-electron chi connectivity index (χ2n) is 9.99. The number of carbonyl (C=O) groups excluding carboxylic acids is 2. The molecule has 30 heavy (non-hydrogen) atoms. The molecule has 0 bridgehead atoms. The topological polar surface area (TPSA) is 76.5 Å². The van der Waals surface area contributed by atoms with Crippen LogP contribution in [0.1, 0.15) is 40.3 Å². The Labute approximate surface area is 175 Å². The molecule has 2 aromatic rings. The molecule has 1 N–H and O–H groups in total. The number of aromatic nitrogens is 2. The van der Waals surface area contributed by atoms with Crippen molar-refractivity contribution < 1.29 is 18.7 Å². The van der Waals surface area contributed by atoms with E-state index in [1.807, 2.05) is 34.6 Å². The number of amides is 2. The SMILES string of the molecule is Cn1nc(C(C)(C)NC(=O)C2[C@H]3CN(C(=O)OC(C)(C)C)C[C@@H]23)c2cc(F)ccc21. The minimum absolute atomic E-state index is 0.0472. The number of likely N-dealkylation sites (tertiary alicyclic amines) is 1. The fourth-order valence-corrected chi connectivity index (χ4v) is 4.54. The van der Waals surface area contributed by atoms with E-state index in [4.69, 9.17) is 4.74 Å². The molecule has 1 aliphatic carbocycles. The first-order valence-electron chi connectivity index (χ1n) is 10.3. The number of nitrogens with one attached hydrogen (secondary N) is 1. The average Bonchev–Trinajstić information content (AvgIpc) is 2.93. The van der Waals surface area contributed by atoms with Crippen LogP contribution in [-0.2, 0) is 22.1 Å². The summed E-state index contributed by atoms with van der Waals surface area (Å²) in [7, 11) is 1.80. The second-order valence-corrected chi connectivity index (χ2v) is 9.99. The number of ether oxygens (including phenoxy) is 1. The molecule has 0 spiro atoms. The predicted molar refractivity (Wildman–Crippen MR) is 110 cm³/mol. The van der Waals surface area contributed by atoms with Crippen molar-refractivity contribution in [3.63, 3.8) is 0 Å². The lowest BCUT2D eigenvalue weighted by Gasteiger charge is -2.27. The van der Waals surface area contributed by atoms with Crippen molar-refractivity contribution in [1.29, 1.82) is 0 Å². The van der Waals surface area contributed by atoms with Crippen molar-refractivity contribution in [2.24, 2.45) is 24.8 Å². The summed E-state index contributed by atoms with van der Waals surface area (Å²) in [5.74, 6) is -0.181. The number of benzene rings is 1. The summed E-state index contributed by atoms with van der Waals surface area (Å²) in [6.07, 6.45) is -0.323. The zero-order chi connectivity index (χ0) is 22.0. The third-order valence-corrected chi connectivity index (χ3v) is 5.99. The van der Waals surface area contributed by atoms with Gasteiger partial charge in [0.05, 0.1) is 16.7 Å². The molecule has 7 nitrogen and oxygen atoms in total. The Hall–Kier alpha value is -2.64. The third kappa shape index (κ3) is 3.63. The van der Waals surface area contributed by atoms with Gasteiger partial charge in [-0.15, -0.1) is 0 Å². The van der Waals surface area contributed by atoms with Crippen LogP contribution in [0.2, 0.25) is 0 Å². The molecular formula is C22H29FN4O3. The van der Waals surface area contributed by atoms with Gasteiger partial charge in [0.15, 0.2) is 0 Å². The molecule has 1 saturated heterocycles. The zero-order valence-electron chi connectivity index (χ0n) is 18.3. The van der Waals surface area contributed by atoms with E-state index in [1.165, 1.54) is 12.1 Å². The van der Waals surface area contributed by atoms with Gasteiger partial charge in [0.2, 0.25) is 5.91 Å². The Morgan fingerprint density at radius 3 is 2.40 bits per heavy atom. The minimum Gasteiger partial charge on any atom is -0.444 e. The molecule has 1 saturated carbocycles. The lowest BCUT2D eigenvalue weighted by Crippen LogP contribution is -2.44. The molecule has 0 radical (unpaired) electrons. The first kappa shape index (κ1) is 20.6. The fourth-order valence-electron chi connectivity index (χ4n) is 4.54. The second kappa shape index (κ2) is 6.68. The highest BCUT2D eigenvalue weighted by Crippen LogP contribution is 2.52. The van der Waals surface area contributed by atoms with Crippen LogP contribution in [0.5, 0.6) is 0 Å². The van der Waals surface area contributed by atoms with E-state index in [-0.39, 0.29) is 35.6 Å². The molecule has 2 heterocycles. The van der Waals surface area contributed by atoms with E-state index in [1.54, 1.807) is 22.7 Å². The van der Waals surface area contributed by atoms with E-state index < -0.39 is 11.1 Å². The van der Waals surface area contributed by atoms with Crippen molar-refractivity contribution in [3.8, 4) is 0 Å². The lowest BCUT2D eigenvalue weighted by molar-refractivity contribution is -0.125. The Morgan fingerprint density at radius 1 is 1.17 bits per heavy atom. The highest BCUT2D eigenvalue weighted by atomic mass is 19.1. The highest BCUT2D eigenvalue weighted by molar-refractivity contribution is 5.87. The Kier molecular flexibility index (Phi) is 4.60. The van der Waals surface area contributed by atoms with Gasteiger partial charge < -0.3 is 15.0 Å². The van der Waals surface area contributed by atoms with Gasteiger partial charge in [-0.05, 0) is 64.7 Å². The molecule has 2 amide bonds. The molecule has 1 aliphatic heterocycles. The van der Waals surface area contributed by atoms with Crippen molar-refractivity contribution >= 4 is 22.9 Å². The number of piperidine rings is 1. The van der Waals surface area contributed by atoms with E-state index in [2.05, 4.69) is 10.4 Å². The quantitative estimate of drug-likeness (QED) is 0.834. The monoisotopic (exact) mass is 416 g/mol. The Balaban J connectivity index is 1.43. The molecule has 2 fully saturated rings. The van der Waals surface area contributed by atoms with Crippen LogP contribution in [0.3, 0.4) is 0 Å². The number of rotatable bonds is 3. The summed E-state index contributed by atoms with van der Waals surface area (Å²) in [4.78, 5) is 26.9. The summed E-state index contributed by atoms with van der Waals surface area (Å²) >= 11 is 0. The molecule has 1 aromatic heterocycles. The van der Waals surface area contributed by atoms with Crippen LogP contribution >= 0.6 is 0 Å². The number of halogens is 1. The smallest absolute Gasteiger partial charge is 0.410 e. The molecule has 1 aromatic carbocycles. The summed E-state index contributed by atoms with van der Waals surface area (Å²) in [6, 6.07) is 4.55. The lowest BCUT2D eigenvalue weighted by atomic mass is 9.96. The van der Waals surface area contributed by atoms with Crippen LogP contribution in [0.25, 0.3) is 10.9 Å². The Bertz CT molecular complexity index is 1010. The van der Waals surface area contributed by atoms with Crippen molar-refractivity contribution in [2.75, 3.05) is 13.1 Å². The van der Waals surface area contributed by atoms with E-state index in [0.717, 1.165) is 5.52 Å². The number of hydrogen-bond acceptors (Lipinski definition) is 4. The largest absolute Gasteiger partial charge is 0.444 e. The van der Waals surface area contributed by atoms with Crippen LogP contribution in [0.15, 0.2) is 18.2 Å². The van der Waals surface area contributed by atoms with Crippen LogP contribution in [-0.4, -0.2) is 45.4 Å². The minimum atomic E-state index is -0.758. The number of fused-ring (bicyclic) bond motifs is 2. The van der Waals surface area contributed by atoms with E-state index >= 15 is 0 Å². The first-order chi connectivity index (χ1) is 13.9. The van der Waals surface area contributed by atoms with Gasteiger partial charge in [-0.25, -0.2) is 9.18 Å². The number of nitrogens with zero attached hydrogens (tertiary/aromatic N) is 3. The zero-order valence-corrected chi connectivity index (χ0v) is 18.3. The maximum Gasteiger partial charge on any atom is 0.410 e. The standard InChI is InChI=1S/C22H29FN4O3/c1-21(2,3)30-20(29)27-10-14-15(11-27)17(14)19(28)24-22(4,5)18-13-9-12(23)7-8-16(13)26(6)25-18/h7-9,14-15,17H,10-11H2,1-6H3,(H,24,28)/t14-,15+,17?. The van der Waals surface area contributed by atoms with E-state index in [9.17, 15) is 14.0 Å². The van der Waals surface area contributed by atoms with Gasteiger partial charge in [-0.3, -0.25) is 9.48 Å². The molecule has 4 rings (SSSR count). The maximum atomic E-state index is 13.8. The van der Waals surface area contributed by atoms with Gasteiger partial charge in [0, 0.05) is 31.4 Å². The molecule has 1 unspecified atom stereocenters. The summed E-state index contributed by atoms with van der Waals surface area (Å²) < 4.78 is 20.9. The van der Waals surface area contributed by atoms with Crippen LogP contribution in [0, 0.1) is 23.6 Å². The van der Waals surface area contributed by atoms with Gasteiger partial charge in [-0.2, -0.15) is 5.10 Å².